The standard InChI is InChI=1S/C10H11N3O.2ClH.2H2O/c1-11-6-9-12-8-5-3-2-4-7(8)10(14)13-9;;;;/h2-5,11H,6H2,1H3,(H,12,13,14);2*1H;2*1H2. The third-order valence-corrected chi connectivity index (χ3v) is 2.01. The van der Waals surface area contributed by atoms with Crippen molar-refractivity contribution in [2.45, 2.75) is 6.54 Å². The fourth-order valence-electron chi connectivity index (χ4n) is 1.39. The highest BCUT2D eigenvalue weighted by Gasteiger charge is 2.01. The Kier molecular flexibility index (Phi) is 12.0. The number of hydrogen-bond donors (Lipinski definition) is 2. The van der Waals surface area contributed by atoms with Gasteiger partial charge in [-0.25, -0.2) is 4.98 Å². The summed E-state index contributed by atoms with van der Waals surface area (Å²) in [7, 11) is 1.81. The van der Waals surface area contributed by atoms with E-state index in [-0.39, 0.29) is 41.3 Å². The van der Waals surface area contributed by atoms with Crippen molar-refractivity contribution in [2.75, 3.05) is 7.05 Å². The van der Waals surface area contributed by atoms with Gasteiger partial charge in [0.2, 0.25) is 0 Å². The second kappa shape index (κ2) is 9.81. The predicted molar refractivity (Wildman–Crippen MR) is 76.9 cm³/mol. The van der Waals surface area contributed by atoms with Crippen LogP contribution >= 0.6 is 24.8 Å². The molecule has 8 heteroatoms. The summed E-state index contributed by atoms with van der Waals surface area (Å²) in [6.07, 6.45) is 0. The molecule has 2 aromatic rings. The van der Waals surface area contributed by atoms with Gasteiger partial charge >= 0.3 is 0 Å². The zero-order valence-corrected chi connectivity index (χ0v) is 11.3. The van der Waals surface area contributed by atoms with Gasteiger partial charge < -0.3 is 21.3 Å². The van der Waals surface area contributed by atoms with Gasteiger partial charge in [0.25, 0.3) is 5.56 Å². The number of nitrogens with one attached hydrogen (secondary N) is 2. The van der Waals surface area contributed by atoms with Crippen molar-refractivity contribution >= 4 is 35.7 Å². The van der Waals surface area contributed by atoms with Gasteiger partial charge in [-0.15, -0.1) is 24.8 Å². The Labute approximate surface area is 116 Å². The summed E-state index contributed by atoms with van der Waals surface area (Å²) in [5.74, 6) is 0.663. The van der Waals surface area contributed by atoms with E-state index in [0.717, 1.165) is 5.52 Å². The summed E-state index contributed by atoms with van der Waals surface area (Å²) in [5.41, 5.74) is 0.655. The zero-order chi connectivity index (χ0) is 9.97. The number of halogens is 2. The molecular formula is C10H17Cl2N3O3. The molecule has 0 saturated heterocycles. The van der Waals surface area contributed by atoms with Gasteiger partial charge in [-0.1, -0.05) is 12.1 Å². The van der Waals surface area contributed by atoms with Gasteiger partial charge in [-0.3, -0.25) is 4.79 Å². The van der Waals surface area contributed by atoms with E-state index in [1.807, 2.05) is 25.2 Å². The maximum absolute atomic E-state index is 11.6. The molecule has 1 heterocycles. The smallest absolute Gasteiger partial charge is 0.258 e. The van der Waals surface area contributed by atoms with Gasteiger partial charge in [0.15, 0.2) is 0 Å². The predicted octanol–water partition coefficient (Wildman–Crippen LogP) is -0.163. The Balaban J connectivity index is -0.000000562. The maximum atomic E-state index is 11.6. The molecule has 0 atom stereocenters. The van der Waals surface area contributed by atoms with Crippen molar-refractivity contribution in [1.82, 2.24) is 15.3 Å². The fraction of sp³-hybridized carbons (Fsp3) is 0.200. The molecule has 6 nitrogen and oxygen atoms in total. The Morgan fingerprint density at radius 3 is 2.44 bits per heavy atom. The third-order valence-electron chi connectivity index (χ3n) is 2.01. The van der Waals surface area contributed by atoms with Crippen LogP contribution in [0.25, 0.3) is 10.9 Å². The van der Waals surface area contributed by atoms with Crippen molar-refractivity contribution in [3.8, 4) is 0 Å². The number of rotatable bonds is 2. The molecule has 6 N–H and O–H groups in total. The molecule has 1 aromatic heterocycles. The molecule has 2 rings (SSSR count). The molecule has 0 aliphatic heterocycles. The van der Waals surface area contributed by atoms with E-state index >= 15 is 0 Å². The highest BCUT2D eigenvalue weighted by molar-refractivity contribution is 5.85. The first-order valence-electron chi connectivity index (χ1n) is 4.44. The van der Waals surface area contributed by atoms with E-state index in [2.05, 4.69) is 15.3 Å². The summed E-state index contributed by atoms with van der Waals surface area (Å²) >= 11 is 0. The SMILES string of the molecule is CNCc1nc2ccccc2c(=O)[nH]1.Cl.Cl.O.O. The first-order valence-corrected chi connectivity index (χ1v) is 4.44. The molecule has 0 spiro atoms. The van der Waals surface area contributed by atoms with Crippen LogP contribution < -0.4 is 10.9 Å². The minimum Gasteiger partial charge on any atom is -0.412 e. The molecule has 0 saturated carbocycles. The highest BCUT2D eigenvalue weighted by Crippen LogP contribution is 2.04. The lowest BCUT2D eigenvalue weighted by atomic mass is 10.2. The van der Waals surface area contributed by atoms with Crippen LogP contribution in [-0.2, 0) is 6.54 Å². The zero-order valence-electron chi connectivity index (χ0n) is 9.69. The Hall–Kier alpha value is -1.18. The fourth-order valence-corrected chi connectivity index (χ4v) is 1.39. The molecule has 0 fully saturated rings. The van der Waals surface area contributed by atoms with Crippen LogP contribution in [0.5, 0.6) is 0 Å². The van der Waals surface area contributed by atoms with Crippen LogP contribution in [0.15, 0.2) is 29.1 Å². The first kappa shape index (κ1) is 22.0. The lowest BCUT2D eigenvalue weighted by molar-refractivity contribution is 0.760. The van der Waals surface area contributed by atoms with Crippen molar-refractivity contribution in [2.24, 2.45) is 0 Å². The monoisotopic (exact) mass is 297 g/mol. The van der Waals surface area contributed by atoms with Crippen LogP contribution in [0.3, 0.4) is 0 Å². The summed E-state index contributed by atoms with van der Waals surface area (Å²) in [4.78, 5) is 18.6. The molecule has 0 amide bonds. The van der Waals surface area contributed by atoms with Crippen LogP contribution in [0, 0.1) is 0 Å². The van der Waals surface area contributed by atoms with E-state index in [4.69, 9.17) is 0 Å². The molecule has 0 aliphatic carbocycles. The van der Waals surface area contributed by atoms with E-state index in [0.29, 0.717) is 17.8 Å². The molecule has 1 aromatic carbocycles. The maximum Gasteiger partial charge on any atom is 0.258 e. The number of H-pyrrole nitrogens is 1. The van der Waals surface area contributed by atoms with Crippen molar-refractivity contribution < 1.29 is 11.0 Å². The number of nitrogens with zero attached hydrogens (tertiary/aromatic N) is 1. The molecule has 0 radical (unpaired) electrons. The number of para-hydroxylation sites is 1. The van der Waals surface area contributed by atoms with Crippen molar-refractivity contribution in [3.05, 3.63) is 40.4 Å². The minimum absolute atomic E-state index is 0. The largest absolute Gasteiger partial charge is 0.412 e. The number of benzene rings is 1. The number of hydrogen-bond acceptors (Lipinski definition) is 3. The average Bonchev–Trinajstić information content (AvgIpc) is 2.18. The molecule has 0 bridgehead atoms. The van der Waals surface area contributed by atoms with Crippen LogP contribution in [0.4, 0.5) is 0 Å². The van der Waals surface area contributed by atoms with Crippen LogP contribution in [-0.4, -0.2) is 28.0 Å². The highest BCUT2D eigenvalue weighted by atomic mass is 35.5. The first-order chi connectivity index (χ1) is 6.81. The van der Waals surface area contributed by atoms with Crippen LogP contribution in [0.1, 0.15) is 5.82 Å². The molecule has 0 unspecified atom stereocenters. The third kappa shape index (κ3) is 4.59. The quantitative estimate of drug-likeness (QED) is 0.801. The van der Waals surface area contributed by atoms with Gasteiger partial charge in [0, 0.05) is 0 Å². The molecule has 104 valence electrons. The lowest BCUT2D eigenvalue weighted by Gasteiger charge is -2.01. The van der Waals surface area contributed by atoms with Gasteiger partial charge in [0.1, 0.15) is 5.82 Å². The normalized spacial score (nSPS) is 8.28. The van der Waals surface area contributed by atoms with E-state index in [1.165, 1.54) is 0 Å². The lowest BCUT2D eigenvalue weighted by Crippen LogP contribution is -2.16. The van der Waals surface area contributed by atoms with Gasteiger partial charge in [0.05, 0.1) is 17.4 Å². The molecule has 0 aliphatic rings. The van der Waals surface area contributed by atoms with Crippen molar-refractivity contribution in [1.29, 1.82) is 0 Å². The topological polar surface area (TPSA) is 121 Å². The van der Waals surface area contributed by atoms with Gasteiger partial charge in [-0.2, -0.15) is 0 Å². The minimum atomic E-state index is -0.0825. The summed E-state index contributed by atoms with van der Waals surface area (Å²) in [6.45, 7) is 0.570. The Morgan fingerprint density at radius 1 is 1.22 bits per heavy atom. The van der Waals surface area contributed by atoms with Crippen LogP contribution in [0.2, 0.25) is 0 Å². The summed E-state index contributed by atoms with van der Waals surface area (Å²) in [6, 6.07) is 7.31. The second-order valence-electron chi connectivity index (χ2n) is 3.06. The van der Waals surface area contributed by atoms with E-state index < -0.39 is 0 Å². The Morgan fingerprint density at radius 2 is 1.83 bits per heavy atom. The van der Waals surface area contributed by atoms with E-state index in [1.54, 1.807) is 6.07 Å². The second-order valence-corrected chi connectivity index (χ2v) is 3.06. The number of aromatic nitrogens is 2. The summed E-state index contributed by atoms with van der Waals surface area (Å²) < 4.78 is 0. The van der Waals surface area contributed by atoms with Crippen molar-refractivity contribution in [3.63, 3.8) is 0 Å². The Bertz CT molecular complexity index is 519. The molecular weight excluding hydrogens is 281 g/mol. The molecule has 18 heavy (non-hydrogen) atoms. The summed E-state index contributed by atoms with van der Waals surface area (Å²) in [5, 5.41) is 3.58. The number of fused-ring (bicyclic) bond motifs is 1. The average molecular weight is 298 g/mol. The van der Waals surface area contributed by atoms with Gasteiger partial charge in [-0.05, 0) is 19.2 Å². The van der Waals surface area contributed by atoms with E-state index in [9.17, 15) is 4.79 Å². The number of aromatic amines is 1.